The van der Waals surface area contributed by atoms with Gasteiger partial charge in [-0.05, 0) is 127 Å². The number of nitrogens with two attached hydrogens (primary N) is 1. The number of aliphatic hydroxyl groups is 2. The van der Waals surface area contributed by atoms with Gasteiger partial charge in [-0.2, -0.15) is 36.2 Å². The van der Waals surface area contributed by atoms with Crippen molar-refractivity contribution in [2.75, 3.05) is 83.2 Å². The SMILES string of the molecule is CC1=C\[C@@H](O)CC(=O)Cc2nc(co2)C(=O)N2CCC=C2C(=O)O[C@H](C(C)C)[C@H](C)/C=C/C(=O)NC\C=C\1.CC[C@@H]1NC(=O)[C@@H](N)[C@@H](C)OC(=O)[C@H](c2ccccc2)NC(=O)[C@@H]2CC(=O)[C@H](CSC3CN4CCC3CC4)CN2C(=O)[C@H](Cc2ccc(C)cc2)N(C)C(=O)[C@@H]2CCCN2C1=O.CC[C@H]1OC(=O)C2C(SCCC(=O)O)CCN2C(=O)c2coc(n2)CC(=O)C[C@H](O)/C=C(C)/C=C/CNC(=O)/C=C/[C@H]1C.O=C(O)CCS. The number of carboxylic acid groups (broad SMARTS) is 2. The van der Waals surface area contributed by atoms with E-state index < -0.39 is 155 Å². The maximum absolute atomic E-state index is 15.4. The first-order valence-electron chi connectivity index (χ1n) is 50.8. The van der Waals surface area contributed by atoms with E-state index in [4.69, 9.17) is 39.0 Å². The second-order valence-corrected chi connectivity index (χ2v) is 42.0. The van der Waals surface area contributed by atoms with Crippen molar-refractivity contribution >= 4 is 137 Å². The number of oxazole rings is 2. The first-order chi connectivity index (χ1) is 71.0. The minimum absolute atomic E-state index is 0.00708. The number of aliphatic carboxylic acids is 2. The zero-order valence-corrected chi connectivity index (χ0v) is 88.7. The number of carbonyl (C=O) groups excluding carboxylic acids is 15. The van der Waals surface area contributed by atoms with Crippen molar-refractivity contribution in [3.05, 3.63) is 191 Å². The van der Waals surface area contributed by atoms with Gasteiger partial charge in [-0.15, -0.1) is 0 Å². The topological polar surface area (TPSA) is 544 Å². The lowest BCUT2D eigenvalue weighted by molar-refractivity contribution is -0.157. The summed E-state index contributed by atoms with van der Waals surface area (Å²) in [6.07, 6.45) is 19.4. The minimum Gasteiger partial charge on any atom is -0.481 e. The van der Waals surface area contributed by atoms with Gasteiger partial charge in [0.1, 0.15) is 90.1 Å². The molecule has 9 amide bonds. The zero-order chi connectivity index (χ0) is 109. The van der Waals surface area contributed by atoms with Crippen LogP contribution in [0.1, 0.15) is 201 Å². The summed E-state index contributed by atoms with van der Waals surface area (Å²) in [6.45, 7) is 22.4. The molecule has 10 aliphatic rings. The number of cyclic esters (lactones) is 3. The maximum atomic E-state index is 15.4. The van der Waals surface area contributed by atoms with E-state index in [2.05, 4.69) is 48.8 Å². The lowest BCUT2D eigenvalue weighted by Crippen LogP contribution is -2.63. The van der Waals surface area contributed by atoms with E-state index in [0.29, 0.717) is 65.9 Å². The Morgan fingerprint density at radius 2 is 1.21 bits per heavy atom. The molecule has 6 bridgehead atoms. The fourth-order valence-electron chi connectivity index (χ4n) is 18.9. The number of benzene rings is 2. The molecule has 7 saturated heterocycles. The van der Waals surface area contributed by atoms with E-state index in [0.717, 1.165) is 61.7 Å². The van der Waals surface area contributed by atoms with Crippen LogP contribution < -0.4 is 27.0 Å². The van der Waals surface area contributed by atoms with Crippen LogP contribution in [0.25, 0.3) is 0 Å². The predicted octanol–water partition coefficient (Wildman–Crippen LogP) is 7.52. The van der Waals surface area contributed by atoms with Crippen LogP contribution in [0.5, 0.6) is 0 Å². The number of aryl methyl sites for hydroxylation is 1. The number of nitrogens with one attached hydrogen (secondary N) is 4. The molecule has 4 aromatic rings. The van der Waals surface area contributed by atoms with E-state index in [9.17, 15) is 86.9 Å². The number of carboxylic acids is 2. The second-order valence-electron chi connectivity index (χ2n) is 39.0. The number of fused-ring (bicyclic) bond motifs is 11. The summed E-state index contributed by atoms with van der Waals surface area (Å²) in [6, 6.07) is 7.88. The lowest BCUT2D eigenvalue weighted by atomic mass is 9.88. The quantitative estimate of drug-likeness (QED) is 0.0312. The number of likely N-dealkylation sites (N-methyl/N-ethyl adjacent to an activating group) is 1. The highest BCUT2D eigenvalue weighted by atomic mass is 32.2. The number of amides is 9. The number of allylic oxidation sites excluding steroid dienone is 4. The first-order valence-corrected chi connectivity index (χ1v) is 53.5. The number of carbonyl (C=O) groups is 17. The van der Waals surface area contributed by atoms with E-state index in [1.807, 2.05) is 65.8 Å². The van der Waals surface area contributed by atoms with Gasteiger partial charge in [0.15, 0.2) is 17.4 Å². The molecule has 149 heavy (non-hydrogen) atoms. The Hall–Kier alpha value is -12.5. The van der Waals surface area contributed by atoms with Crippen LogP contribution in [0.2, 0.25) is 0 Å². The number of esters is 3. The molecule has 808 valence electrons. The van der Waals surface area contributed by atoms with E-state index in [-0.39, 0.29) is 179 Å². The van der Waals surface area contributed by atoms with Crippen molar-refractivity contribution in [3.63, 3.8) is 0 Å². The molecule has 2 aromatic heterocycles. The summed E-state index contributed by atoms with van der Waals surface area (Å²) in [5.41, 5.74) is 9.93. The third-order valence-electron chi connectivity index (χ3n) is 27.2. The number of nitrogens with zero attached hydrogens (tertiary/aromatic N) is 8. The molecule has 42 heteroatoms. The van der Waals surface area contributed by atoms with Gasteiger partial charge in [0.05, 0.1) is 37.9 Å². The Kier molecular flexibility index (Phi) is 45.7. The molecule has 0 aliphatic carbocycles. The van der Waals surface area contributed by atoms with Crippen LogP contribution in [0, 0.1) is 36.5 Å². The third kappa shape index (κ3) is 34.5. The molecule has 14 rings (SSSR count). The number of hydrogen-bond acceptors (Lipinski definition) is 31. The lowest BCUT2D eigenvalue weighted by Gasteiger charge is -2.45. The highest BCUT2D eigenvalue weighted by Crippen LogP contribution is 2.39. The Bertz CT molecular complexity index is 5630. The van der Waals surface area contributed by atoms with Gasteiger partial charge in [-0.3, -0.25) is 67.1 Å². The Morgan fingerprint density at radius 1 is 0.611 bits per heavy atom. The van der Waals surface area contributed by atoms with Gasteiger partial charge < -0.3 is 99.9 Å². The largest absolute Gasteiger partial charge is 0.481 e. The average Bonchev–Trinajstić information content (AvgIpc) is 1.44. The van der Waals surface area contributed by atoms with E-state index in [1.165, 1.54) is 61.4 Å². The van der Waals surface area contributed by atoms with Crippen molar-refractivity contribution < 1.29 is 125 Å². The normalized spacial score (nSPS) is 29.5. The van der Waals surface area contributed by atoms with E-state index in [1.54, 1.807) is 119 Å². The number of thioether (sulfide) groups is 2. The van der Waals surface area contributed by atoms with E-state index >= 15 is 4.79 Å². The van der Waals surface area contributed by atoms with Gasteiger partial charge in [-0.25, -0.2) is 24.4 Å². The van der Waals surface area contributed by atoms with Crippen molar-refractivity contribution in [1.82, 2.24) is 60.6 Å². The van der Waals surface area contributed by atoms with Crippen LogP contribution >= 0.6 is 36.2 Å². The van der Waals surface area contributed by atoms with Crippen LogP contribution in [-0.4, -0.2) is 321 Å². The summed E-state index contributed by atoms with van der Waals surface area (Å²) < 4.78 is 28.2. The van der Waals surface area contributed by atoms with Gasteiger partial charge in [0.25, 0.3) is 11.8 Å². The molecule has 7 fully saturated rings. The number of hydrogen-bond donors (Lipinski definition) is 10. The first kappa shape index (κ1) is 118. The Labute approximate surface area is 881 Å². The molecule has 0 saturated carbocycles. The Balaban J connectivity index is 0.000000230. The summed E-state index contributed by atoms with van der Waals surface area (Å²) in [5, 5.41) is 48.4. The number of ether oxygens (including phenoxy) is 3. The number of ketones is 3. The summed E-state index contributed by atoms with van der Waals surface area (Å²) in [5.74, 6) is -8.82. The standard InChI is InChI=1S/C46H61N7O8S.C30H39N3O9S.C28H35N3O7.C3H6O2S/c1-5-33-43(57)52-19-9-12-34(52)44(58)50(4)36(22-29-15-13-27(2)14-16-29)45(59)53-24-32(26-62-38-25-51-20-17-30(38)18-21-51)37(54)23-35(53)41(55)49-40(31-10-7-6-8-11-31)46(60)61-28(3)39(47)42(56)48-33;1-4-23-19(3)7-8-25(36)31-11-5-6-18(2)14-20(34)15-21(35)16-26-32-22(17-41-26)29(39)33-12-9-24(28(33)30(40)42-23)43-13-10-27(37)38;1-17(2)26-19(4)9-10-24(34)29-11-5-7-18(3)13-20(32)14-21(33)15-25-30-22(16-37-25)27(35)31-12-6-8-23(31)28(36)38-26;4-3(5)1-2-6/h6-8,10-11,13-16,28,30,32-36,38-40H,5,9,12,17-26,47H2,1-4H3,(H,48,56)(H,49,55);5-8,14,17,19-20,23-24,28,34H,4,9-13,15-16H2,1-3H3,(H,31,36)(H,37,38);5,7-10,13,16-17,19-20,26,32H,6,11-12,14-15H2,1-4H3,(H,29,34);6H,1-2H2,(H,4,5)/b;6-5+,8-7+,18-14+;7-5+,10-9+,18-13+;/t28-,32+,33+,34+,35+,36+,38?,39+,40+;19-,20-,23-,24?,28?;19-,20-,26-;/m111./s1. The molecular formula is C107H141N13O26S3. The molecule has 3 unspecified atom stereocenters. The highest BCUT2D eigenvalue weighted by molar-refractivity contribution is 8.00. The van der Waals surface area contributed by atoms with Gasteiger partial charge >= 0.3 is 29.8 Å². The number of piperidine rings is 4. The number of thiol groups is 1. The van der Waals surface area contributed by atoms with Crippen molar-refractivity contribution in [2.45, 2.75) is 255 Å². The molecule has 17 atom stereocenters. The van der Waals surface area contributed by atoms with Crippen molar-refractivity contribution in [3.8, 4) is 0 Å². The number of Topliss-reactive ketones (excluding diaryl/α,β-unsaturated/α-hetero) is 3. The number of aromatic nitrogens is 2. The fraction of sp³-hybridized carbons (Fsp3) is 0.542. The second kappa shape index (κ2) is 57.5. The molecule has 10 aliphatic heterocycles. The van der Waals surface area contributed by atoms with Crippen molar-refractivity contribution in [1.29, 1.82) is 0 Å². The fourth-order valence-corrected chi connectivity index (χ4v) is 22.0. The average molecular weight is 2120 g/mol. The molecule has 2 aromatic carbocycles. The molecule has 0 radical (unpaired) electrons. The number of rotatable bonds is 15. The maximum Gasteiger partial charge on any atom is 0.355 e. The minimum atomic E-state index is -1.40. The van der Waals surface area contributed by atoms with Crippen LogP contribution in [-0.2, 0) is 105 Å². The summed E-state index contributed by atoms with van der Waals surface area (Å²) in [7, 11) is 1.55. The smallest absolute Gasteiger partial charge is 0.355 e. The van der Waals surface area contributed by atoms with Crippen LogP contribution in [0.15, 0.2) is 160 Å². The zero-order valence-electron chi connectivity index (χ0n) is 86.2. The number of aliphatic hydroxyl groups excluding tert-OH is 2. The molecule has 10 N–H and O–H groups in total. The predicted molar refractivity (Wildman–Crippen MR) is 556 cm³/mol. The van der Waals surface area contributed by atoms with Crippen LogP contribution in [0.4, 0.5) is 0 Å². The van der Waals surface area contributed by atoms with Gasteiger partial charge in [0, 0.05) is 124 Å². The summed E-state index contributed by atoms with van der Waals surface area (Å²) >= 11 is 6.73. The van der Waals surface area contributed by atoms with Gasteiger partial charge in [0.2, 0.25) is 53.1 Å². The molecular weight excluding hydrogens is 1980 g/mol. The van der Waals surface area contributed by atoms with Gasteiger partial charge in [-0.1, -0.05) is 168 Å². The summed E-state index contributed by atoms with van der Waals surface area (Å²) in [4.78, 5) is 242. The molecule has 39 nitrogen and oxygen atoms in total. The van der Waals surface area contributed by atoms with Crippen LogP contribution in [0.3, 0.4) is 0 Å². The third-order valence-corrected chi connectivity index (χ3v) is 30.3. The van der Waals surface area contributed by atoms with Crippen molar-refractivity contribution in [2.24, 2.45) is 35.3 Å². The highest BCUT2D eigenvalue weighted by Gasteiger charge is 2.50. The Morgan fingerprint density at radius 3 is 1.78 bits per heavy atom. The molecule has 12 heterocycles. The monoisotopic (exact) mass is 2120 g/mol. The molecule has 0 spiro atoms.